The Morgan fingerprint density at radius 1 is 1.21 bits per heavy atom. The van der Waals surface area contributed by atoms with Crippen LogP contribution in [0.1, 0.15) is 32.6 Å². The third-order valence-corrected chi connectivity index (χ3v) is 7.98. The number of benzene rings is 2. The van der Waals surface area contributed by atoms with Crippen LogP contribution in [0.5, 0.6) is 5.75 Å². The number of ether oxygens (including phenoxy) is 1. The van der Waals surface area contributed by atoms with E-state index in [9.17, 15) is 13.2 Å². The number of fused-ring (bicyclic) bond motifs is 1. The Balaban J connectivity index is 1.43. The third-order valence-electron chi connectivity index (χ3n) is 5.79. The summed E-state index contributed by atoms with van der Waals surface area (Å²) < 4.78 is 39.2. The Morgan fingerprint density at radius 3 is 2.79 bits per heavy atom. The lowest BCUT2D eigenvalue weighted by molar-refractivity contribution is -0.119. The maximum Gasteiger partial charge on any atom is 0.262 e. The van der Waals surface area contributed by atoms with Crippen molar-refractivity contribution in [3.63, 3.8) is 0 Å². The molecule has 8 nitrogen and oxygen atoms in total. The summed E-state index contributed by atoms with van der Waals surface area (Å²) in [4.78, 5) is 16.8. The largest absolute Gasteiger partial charge is 0.495 e. The molecule has 1 heterocycles. The molecule has 0 radical (unpaired) electrons. The highest BCUT2D eigenvalue weighted by atomic mass is 32.2. The Morgan fingerprint density at radius 2 is 2.00 bits per heavy atom. The van der Waals surface area contributed by atoms with E-state index in [1.54, 1.807) is 30.3 Å². The first kappa shape index (κ1) is 23.4. The number of hydrogen-bond donors (Lipinski definition) is 2. The van der Waals surface area contributed by atoms with Gasteiger partial charge in [0.15, 0.2) is 5.58 Å². The van der Waals surface area contributed by atoms with Gasteiger partial charge in [-0.1, -0.05) is 43.7 Å². The zero-order chi connectivity index (χ0) is 23.4. The summed E-state index contributed by atoms with van der Waals surface area (Å²) in [6.07, 6.45) is 4.52. The van der Waals surface area contributed by atoms with Gasteiger partial charge in [-0.2, -0.15) is 0 Å². The van der Waals surface area contributed by atoms with Crippen LogP contribution in [-0.2, 0) is 14.8 Å². The van der Waals surface area contributed by atoms with Crippen LogP contribution in [-0.4, -0.2) is 38.2 Å². The zero-order valence-electron chi connectivity index (χ0n) is 18.5. The minimum atomic E-state index is -3.86. The monoisotopic (exact) mass is 489 g/mol. The Kier molecular flexibility index (Phi) is 7.14. The number of sulfonamides is 1. The molecular weight excluding hydrogens is 462 g/mol. The number of hydrogen-bond acceptors (Lipinski definition) is 7. The molecule has 3 aromatic rings. The lowest BCUT2D eigenvalue weighted by Crippen LogP contribution is -2.41. The molecular formula is C23H27N3O5S2. The summed E-state index contributed by atoms with van der Waals surface area (Å²) in [6, 6.07) is 11.5. The molecule has 1 fully saturated rings. The molecule has 2 aromatic carbocycles. The van der Waals surface area contributed by atoms with E-state index in [1.807, 2.05) is 0 Å². The molecule has 0 bridgehead atoms. The van der Waals surface area contributed by atoms with E-state index in [-0.39, 0.29) is 22.6 Å². The molecule has 10 heteroatoms. The van der Waals surface area contributed by atoms with Crippen LogP contribution in [0.2, 0.25) is 0 Å². The molecule has 1 aromatic heterocycles. The van der Waals surface area contributed by atoms with Crippen molar-refractivity contribution in [1.29, 1.82) is 0 Å². The summed E-state index contributed by atoms with van der Waals surface area (Å²) in [6.45, 7) is 2.17. The first-order valence-electron chi connectivity index (χ1n) is 10.8. The standard InChI is InChI=1S/C23H27N3O5S2/c1-15-7-3-4-8-17(15)24-22(27)14-32-23-25-19-13-16(11-12-21(19)31-23)33(28,29)26-18-9-5-6-10-20(18)30-2/h5-6,9-13,15,17,26H,3-4,7-8,14H2,1-2H3,(H,24,27). The number of methoxy groups -OCH3 is 1. The highest BCUT2D eigenvalue weighted by molar-refractivity contribution is 7.99. The van der Waals surface area contributed by atoms with Gasteiger partial charge in [0, 0.05) is 6.04 Å². The van der Waals surface area contributed by atoms with E-state index < -0.39 is 10.0 Å². The summed E-state index contributed by atoms with van der Waals surface area (Å²) in [5, 5.41) is 3.43. The van der Waals surface area contributed by atoms with Gasteiger partial charge in [0.05, 0.1) is 23.4 Å². The van der Waals surface area contributed by atoms with E-state index in [0.29, 0.717) is 33.7 Å². The lowest BCUT2D eigenvalue weighted by atomic mass is 9.86. The zero-order valence-corrected chi connectivity index (χ0v) is 20.2. The smallest absolute Gasteiger partial charge is 0.262 e. The minimum absolute atomic E-state index is 0.0507. The fourth-order valence-electron chi connectivity index (χ4n) is 3.95. The van der Waals surface area contributed by atoms with Crippen LogP contribution in [0.25, 0.3) is 11.1 Å². The van der Waals surface area contributed by atoms with Crippen molar-refractivity contribution in [3.05, 3.63) is 42.5 Å². The van der Waals surface area contributed by atoms with Crippen LogP contribution >= 0.6 is 11.8 Å². The first-order valence-corrected chi connectivity index (χ1v) is 13.3. The molecule has 33 heavy (non-hydrogen) atoms. The highest BCUT2D eigenvalue weighted by Crippen LogP contribution is 2.29. The molecule has 2 atom stereocenters. The number of nitrogens with one attached hydrogen (secondary N) is 2. The minimum Gasteiger partial charge on any atom is -0.495 e. The fraction of sp³-hybridized carbons (Fsp3) is 0.391. The molecule has 1 aliphatic rings. The number of thioether (sulfide) groups is 1. The molecule has 4 rings (SSSR count). The molecule has 1 saturated carbocycles. The summed E-state index contributed by atoms with van der Waals surface area (Å²) in [7, 11) is -2.38. The lowest BCUT2D eigenvalue weighted by Gasteiger charge is -2.29. The topological polar surface area (TPSA) is 111 Å². The number of anilines is 1. The van der Waals surface area contributed by atoms with E-state index in [0.717, 1.165) is 19.3 Å². The quantitative estimate of drug-likeness (QED) is 0.451. The van der Waals surface area contributed by atoms with Crippen molar-refractivity contribution >= 4 is 44.5 Å². The van der Waals surface area contributed by atoms with Gasteiger partial charge in [-0.3, -0.25) is 9.52 Å². The second-order valence-corrected chi connectivity index (χ2v) is 10.7. The summed E-state index contributed by atoms with van der Waals surface area (Å²) in [5.74, 6) is 1.05. The Hall–Kier alpha value is -2.72. The SMILES string of the molecule is COc1ccccc1NS(=O)(=O)c1ccc2oc(SCC(=O)NC3CCCCC3C)nc2c1. The van der Waals surface area contributed by atoms with Crippen molar-refractivity contribution < 1.29 is 22.4 Å². The number of nitrogens with zero attached hydrogens (tertiary/aromatic N) is 1. The van der Waals surface area contributed by atoms with E-state index >= 15 is 0 Å². The average molecular weight is 490 g/mol. The van der Waals surface area contributed by atoms with Gasteiger partial charge in [-0.25, -0.2) is 13.4 Å². The van der Waals surface area contributed by atoms with Crippen molar-refractivity contribution in [2.45, 2.75) is 48.8 Å². The molecule has 2 N–H and O–H groups in total. The van der Waals surface area contributed by atoms with Crippen molar-refractivity contribution in [1.82, 2.24) is 10.3 Å². The molecule has 0 spiro atoms. The van der Waals surface area contributed by atoms with Crippen LogP contribution in [0.3, 0.4) is 0 Å². The predicted molar refractivity (Wildman–Crippen MR) is 128 cm³/mol. The van der Waals surface area contributed by atoms with Crippen LogP contribution < -0.4 is 14.8 Å². The second-order valence-electron chi connectivity index (χ2n) is 8.14. The van der Waals surface area contributed by atoms with Crippen LogP contribution in [0.15, 0.2) is 57.0 Å². The van der Waals surface area contributed by atoms with Gasteiger partial charge in [-0.05, 0) is 49.1 Å². The highest BCUT2D eigenvalue weighted by Gasteiger charge is 2.23. The van der Waals surface area contributed by atoms with E-state index in [2.05, 4.69) is 21.9 Å². The molecule has 2 unspecified atom stereocenters. The first-order chi connectivity index (χ1) is 15.9. The summed E-state index contributed by atoms with van der Waals surface area (Å²) in [5.41, 5.74) is 1.20. The van der Waals surface area contributed by atoms with Gasteiger partial charge in [-0.15, -0.1) is 0 Å². The van der Waals surface area contributed by atoms with Gasteiger partial charge < -0.3 is 14.5 Å². The Bertz CT molecular complexity index is 1240. The van der Waals surface area contributed by atoms with Gasteiger partial charge in [0.1, 0.15) is 11.3 Å². The third kappa shape index (κ3) is 5.62. The predicted octanol–water partition coefficient (Wildman–Crippen LogP) is 4.42. The van der Waals surface area contributed by atoms with E-state index in [4.69, 9.17) is 9.15 Å². The van der Waals surface area contributed by atoms with Crippen molar-refractivity contribution in [2.24, 2.45) is 5.92 Å². The van der Waals surface area contributed by atoms with Gasteiger partial charge >= 0.3 is 0 Å². The molecule has 1 aliphatic carbocycles. The number of para-hydroxylation sites is 2. The van der Waals surface area contributed by atoms with Crippen LogP contribution in [0, 0.1) is 5.92 Å². The van der Waals surface area contributed by atoms with Crippen molar-refractivity contribution in [3.8, 4) is 5.75 Å². The molecule has 1 amide bonds. The molecule has 0 saturated heterocycles. The van der Waals surface area contributed by atoms with Gasteiger partial charge in [0.25, 0.3) is 15.2 Å². The fourth-order valence-corrected chi connectivity index (χ4v) is 5.69. The maximum absolute atomic E-state index is 12.9. The molecule has 176 valence electrons. The maximum atomic E-state index is 12.9. The number of oxazole rings is 1. The van der Waals surface area contributed by atoms with Crippen LogP contribution in [0.4, 0.5) is 5.69 Å². The van der Waals surface area contributed by atoms with E-state index in [1.165, 1.54) is 37.4 Å². The normalized spacial score (nSPS) is 18.7. The average Bonchev–Trinajstić information content (AvgIpc) is 3.22. The number of carbonyl (C=O) groups is 1. The number of rotatable bonds is 8. The van der Waals surface area contributed by atoms with Crippen molar-refractivity contribution in [2.75, 3.05) is 17.6 Å². The van der Waals surface area contributed by atoms with Gasteiger partial charge in [0.2, 0.25) is 5.91 Å². The number of aromatic nitrogens is 1. The number of carbonyl (C=O) groups excluding carboxylic acids is 1. The molecule has 0 aliphatic heterocycles. The number of amides is 1. The second kappa shape index (κ2) is 10.0. The summed E-state index contributed by atoms with van der Waals surface area (Å²) >= 11 is 1.19. The Labute approximate surface area is 197 Å².